The van der Waals surface area contributed by atoms with Gasteiger partial charge in [0.2, 0.25) is 0 Å². The van der Waals surface area contributed by atoms with Crippen molar-refractivity contribution in [2.45, 2.75) is 38.1 Å². The van der Waals surface area contributed by atoms with E-state index in [-0.39, 0.29) is 0 Å². The molecule has 1 aliphatic rings. The van der Waals surface area contributed by atoms with Crippen molar-refractivity contribution in [3.63, 3.8) is 0 Å². The Morgan fingerprint density at radius 1 is 1.29 bits per heavy atom. The first-order chi connectivity index (χ1) is 6.83. The normalized spacial score (nSPS) is 17.4. The Morgan fingerprint density at radius 3 is 2.71 bits per heavy atom. The molecule has 0 spiro atoms. The molecule has 1 fully saturated rings. The Balaban J connectivity index is 1.87. The molecular formula is C10H22N4. The lowest BCUT2D eigenvalue weighted by atomic mass is 10.2. The predicted octanol–water partition coefficient (Wildman–Crippen LogP) is 0.225. The summed E-state index contributed by atoms with van der Waals surface area (Å²) in [6.45, 7) is 2.55. The van der Waals surface area contributed by atoms with Gasteiger partial charge < -0.3 is 16.8 Å². The SMILES string of the molecule is NCCCCCNCC(N)=NC1CC1. The molecule has 0 aromatic carbocycles. The maximum absolute atomic E-state index is 5.72. The topological polar surface area (TPSA) is 76.4 Å². The highest BCUT2D eigenvalue weighted by Crippen LogP contribution is 2.22. The fourth-order valence-electron chi connectivity index (χ4n) is 1.27. The smallest absolute Gasteiger partial charge is 0.108 e. The van der Waals surface area contributed by atoms with Gasteiger partial charge in [0.15, 0.2) is 0 Å². The van der Waals surface area contributed by atoms with Crippen molar-refractivity contribution in [2.75, 3.05) is 19.6 Å². The van der Waals surface area contributed by atoms with Crippen LogP contribution in [0.25, 0.3) is 0 Å². The third-order valence-corrected chi connectivity index (χ3v) is 2.26. The standard InChI is InChI=1S/C10H22N4/c11-6-2-1-3-7-13-8-10(12)14-9-4-5-9/h9,13H,1-8,11H2,(H2,12,14). The molecule has 0 radical (unpaired) electrons. The van der Waals surface area contributed by atoms with Crippen LogP contribution in [0.1, 0.15) is 32.1 Å². The van der Waals surface area contributed by atoms with Gasteiger partial charge in [-0.3, -0.25) is 4.99 Å². The highest BCUT2D eigenvalue weighted by atomic mass is 15.0. The Morgan fingerprint density at radius 2 is 2.07 bits per heavy atom. The molecule has 0 aliphatic heterocycles. The van der Waals surface area contributed by atoms with Gasteiger partial charge in [-0.05, 0) is 38.8 Å². The second-order valence-electron chi connectivity index (χ2n) is 3.88. The van der Waals surface area contributed by atoms with Crippen LogP contribution in [0.15, 0.2) is 4.99 Å². The molecule has 1 rings (SSSR count). The second kappa shape index (κ2) is 6.79. The molecule has 1 aliphatic carbocycles. The molecule has 0 bridgehead atoms. The molecule has 82 valence electrons. The number of hydrogen-bond donors (Lipinski definition) is 3. The number of aliphatic imine (C=N–C) groups is 1. The van der Waals surface area contributed by atoms with Gasteiger partial charge in [-0.1, -0.05) is 6.42 Å². The van der Waals surface area contributed by atoms with Crippen molar-refractivity contribution in [2.24, 2.45) is 16.5 Å². The van der Waals surface area contributed by atoms with Crippen molar-refractivity contribution >= 4 is 5.84 Å². The predicted molar refractivity (Wildman–Crippen MR) is 60.4 cm³/mol. The average Bonchev–Trinajstić information content (AvgIpc) is 2.95. The number of unbranched alkanes of at least 4 members (excludes halogenated alkanes) is 2. The van der Waals surface area contributed by atoms with E-state index in [4.69, 9.17) is 11.5 Å². The first-order valence-corrected chi connectivity index (χ1v) is 5.56. The van der Waals surface area contributed by atoms with Crippen LogP contribution in [0.5, 0.6) is 0 Å². The molecule has 0 atom stereocenters. The van der Waals surface area contributed by atoms with Crippen molar-refractivity contribution < 1.29 is 0 Å². The summed E-state index contributed by atoms with van der Waals surface area (Å²) in [5, 5.41) is 3.28. The summed E-state index contributed by atoms with van der Waals surface area (Å²) in [7, 11) is 0. The van der Waals surface area contributed by atoms with E-state index in [0.29, 0.717) is 6.04 Å². The zero-order chi connectivity index (χ0) is 10.2. The summed E-state index contributed by atoms with van der Waals surface area (Å²) in [4.78, 5) is 4.33. The van der Waals surface area contributed by atoms with E-state index >= 15 is 0 Å². The van der Waals surface area contributed by atoms with Crippen molar-refractivity contribution in [1.29, 1.82) is 0 Å². The maximum atomic E-state index is 5.72. The fourth-order valence-corrected chi connectivity index (χ4v) is 1.27. The molecule has 0 unspecified atom stereocenters. The first-order valence-electron chi connectivity index (χ1n) is 5.56. The van der Waals surface area contributed by atoms with Gasteiger partial charge in [0.25, 0.3) is 0 Å². The minimum Gasteiger partial charge on any atom is -0.386 e. The molecule has 4 heteroatoms. The van der Waals surface area contributed by atoms with Crippen LogP contribution in [0.4, 0.5) is 0 Å². The number of nitrogens with one attached hydrogen (secondary N) is 1. The average molecular weight is 198 g/mol. The van der Waals surface area contributed by atoms with Crippen LogP contribution in [-0.4, -0.2) is 31.5 Å². The van der Waals surface area contributed by atoms with Gasteiger partial charge in [-0.25, -0.2) is 0 Å². The first kappa shape index (κ1) is 11.5. The van der Waals surface area contributed by atoms with Crippen LogP contribution < -0.4 is 16.8 Å². The fraction of sp³-hybridized carbons (Fsp3) is 0.900. The Kier molecular flexibility index (Phi) is 5.56. The van der Waals surface area contributed by atoms with E-state index in [2.05, 4.69) is 10.3 Å². The largest absolute Gasteiger partial charge is 0.386 e. The van der Waals surface area contributed by atoms with Gasteiger partial charge in [-0.2, -0.15) is 0 Å². The molecular weight excluding hydrogens is 176 g/mol. The monoisotopic (exact) mass is 198 g/mol. The maximum Gasteiger partial charge on any atom is 0.108 e. The van der Waals surface area contributed by atoms with Gasteiger partial charge in [0.05, 0.1) is 12.6 Å². The summed E-state index contributed by atoms with van der Waals surface area (Å²) >= 11 is 0. The summed E-state index contributed by atoms with van der Waals surface area (Å²) in [6.07, 6.45) is 5.93. The third-order valence-electron chi connectivity index (χ3n) is 2.26. The van der Waals surface area contributed by atoms with E-state index in [1.807, 2.05) is 0 Å². The van der Waals surface area contributed by atoms with Gasteiger partial charge in [0.1, 0.15) is 5.84 Å². The number of rotatable bonds is 8. The third kappa shape index (κ3) is 5.94. The molecule has 0 amide bonds. The second-order valence-corrected chi connectivity index (χ2v) is 3.88. The van der Waals surface area contributed by atoms with E-state index in [1.54, 1.807) is 0 Å². The van der Waals surface area contributed by atoms with Crippen molar-refractivity contribution in [3.05, 3.63) is 0 Å². The Labute approximate surface area is 86.1 Å². The molecule has 4 nitrogen and oxygen atoms in total. The van der Waals surface area contributed by atoms with Gasteiger partial charge >= 0.3 is 0 Å². The van der Waals surface area contributed by atoms with Crippen LogP contribution in [-0.2, 0) is 0 Å². The number of nitrogens with two attached hydrogens (primary N) is 2. The number of nitrogens with zero attached hydrogens (tertiary/aromatic N) is 1. The zero-order valence-electron chi connectivity index (χ0n) is 8.84. The Hall–Kier alpha value is -0.610. The van der Waals surface area contributed by atoms with Crippen molar-refractivity contribution in [1.82, 2.24) is 5.32 Å². The van der Waals surface area contributed by atoms with Gasteiger partial charge in [-0.15, -0.1) is 0 Å². The quantitative estimate of drug-likeness (QED) is 0.297. The van der Waals surface area contributed by atoms with Crippen LogP contribution in [0, 0.1) is 0 Å². The van der Waals surface area contributed by atoms with E-state index in [0.717, 1.165) is 31.9 Å². The van der Waals surface area contributed by atoms with Crippen LogP contribution in [0.3, 0.4) is 0 Å². The number of hydrogen-bond acceptors (Lipinski definition) is 3. The molecule has 0 aromatic rings. The lowest BCUT2D eigenvalue weighted by Gasteiger charge is -2.03. The molecule has 0 aromatic heterocycles. The summed E-state index contributed by atoms with van der Waals surface area (Å²) in [5.41, 5.74) is 11.1. The minimum atomic E-state index is 0.536. The number of amidine groups is 1. The van der Waals surface area contributed by atoms with Crippen LogP contribution >= 0.6 is 0 Å². The highest BCUT2D eigenvalue weighted by molar-refractivity contribution is 5.82. The molecule has 0 saturated heterocycles. The molecule has 5 N–H and O–H groups in total. The molecule has 1 saturated carbocycles. The van der Waals surface area contributed by atoms with Crippen molar-refractivity contribution in [3.8, 4) is 0 Å². The van der Waals surface area contributed by atoms with E-state index in [1.165, 1.54) is 25.7 Å². The highest BCUT2D eigenvalue weighted by Gasteiger charge is 2.19. The zero-order valence-corrected chi connectivity index (χ0v) is 8.84. The van der Waals surface area contributed by atoms with E-state index in [9.17, 15) is 0 Å². The Bertz CT molecular complexity index is 175. The minimum absolute atomic E-state index is 0.536. The lowest BCUT2D eigenvalue weighted by molar-refractivity contribution is 0.636. The summed E-state index contributed by atoms with van der Waals surface area (Å²) < 4.78 is 0. The van der Waals surface area contributed by atoms with Crippen LogP contribution in [0.2, 0.25) is 0 Å². The molecule has 0 heterocycles. The summed E-state index contributed by atoms with van der Waals surface area (Å²) in [6, 6.07) is 0.536. The van der Waals surface area contributed by atoms with E-state index < -0.39 is 0 Å². The van der Waals surface area contributed by atoms with Gasteiger partial charge in [0, 0.05) is 0 Å². The molecule has 14 heavy (non-hydrogen) atoms. The lowest BCUT2D eigenvalue weighted by Crippen LogP contribution is -2.30. The summed E-state index contributed by atoms with van der Waals surface area (Å²) in [5.74, 6) is 0.756.